The molecule has 0 saturated carbocycles. The SMILES string of the molecule is O=CC1CCN(c2ccc([C@@H]3c4ccc(O)cc4CC[C@@H]3C3=CCCCC3)cc2)CC1. The number of allylic oxidation sites excluding steroid dienone is 2. The molecule has 0 spiro atoms. The van der Waals surface area contributed by atoms with Crippen LogP contribution in [0.3, 0.4) is 0 Å². The number of fused-ring (bicyclic) bond motifs is 1. The summed E-state index contributed by atoms with van der Waals surface area (Å²) >= 11 is 0. The van der Waals surface area contributed by atoms with E-state index in [1.807, 2.05) is 12.1 Å². The Balaban J connectivity index is 1.45. The van der Waals surface area contributed by atoms with Crippen molar-refractivity contribution in [2.45, 2.75) is 57.3 Å². The van der Waals surface area contributed by atoms with Gasteiger partial charge in [-0.1, -0.05) is 29.8 Å². The molecule has 162 valence electrons. The lowest BCUT2D eigenvalue weighted by molar-refractivity contribution is -0.111. The van der Waals surface area contributed by atoms with Crippen LogP contribution in [-0.2, 0) is 11.2 Å². The molecule has 0 amide bonds. The van der Waals surface area contributed by atoms with Gasteiger partial charge in [-0.25, -0.2) is 0 Å². The fourth-order valence-corrected chi connectivity index (χ4v) is 6.00. The van der Waals surface area contributed by atoms with E-state index in [1.54, 1.807) is 5.57 Å². The molecule has 2 aromatic rings. The van der Waals surface area contributed by atoms with Gasteiger partial charge in [0.1, 0.15) is 12.0 Å². The van der Waals surface area contributed by atoms with Crippen molar-refractivity contribution in [3.05, 3.63) is 70.8 Å². The van der Waals surface area contributed by atoms with Gasteiger partial charge in [-0.15, -0.1) is 0 Å². The summed E-state index contributed by atoms with van der Waals surface area (Å²) in [6.45, 7) is 1.92. The zero-order valence-electron chi connectivity index (χ0n) is 18.3. The van der Waals surface area contributed by atoms with Crippen molar-refractivity contribution in [1.29, 1.82) is 0 Å². The maximum atomic E-state index is 11.1. The highest BCUT2D eigenvalue weighted by Gasteiger charge is 2.33. The number of aromatic hydroxyl groups is 1. The highest BCUT2D eigenvalue weighted by Crippen LogP contribution is 2.47. The zero-order valence-corrected chi connectivity index (χ0v) is 18.3. The monoisotopic (exact) mass is 415 g/mol. The van der Waals surface area contributed by atoms with Gasteiger partial charge in [0, 0.05) is 30.6 Å². The van der Waals surface area contributed by atoms with Gasteiger partial charge < -0.3 is 14.8 Å². The molecule has 31 heavy (non-hydrogen) atoms. The Hall–Kier alpha value is -2.55. The van der Waals surface area contributed by atoms with Crippen LogP contribution < -0.4 is 4.90 Å². The van der Waals surface area contributed by atoms with E-state index in [1.165, 1.54) is 48.1 Å². The molecule has 0 bridgehead atoms. The maximum absolute atomic E-state index is 11.1. The Kier molecular flexibility index (Phi) is 5.85. The smallest absolute Gasteiger partial charge is 0.123 e. The van der Waals surface area contributed by atoms with Crippen LogP contribution in [-0.4, -0.2) is 24.5 Å². The average molecular weight is 416 g/mol. The second-order valence-electron chi connectivity index (χ2n) is 9.58. The molecule has 1 N–H and O–H groups in total. The lowest BCUT2D eigenvalue weighted by Gasteiger charge is -2.37. The summed E-state index contributed by atoms with van der Waals surface area (Å²) in [6, 6.07) is 15.2. The van der Waals surface area contributed by atoms with E-state index in [-0.39, 0.29) is 5.92 Å². The molecule has 5 rings (SSSR count). The fraction of sp³-hybridized carbons (Fsp3) is 0.464. The number of nitrogens with zero attached hydrogens (tertiary/aromatic N) is 1. The third-order valence-corrected chi connectivity index (χ3v) is 7.74. The molecule has 3 aliphatic rings. The van der Waals surface area contributed by atoms with Crippen LogP contribution in [0.15, 0.2) is 54.1 Å². The molecule has 1 aliphatic heterocycles. The Morgan fingerprint density at radius 2 is 1.74 bits per heavy atom. The largest absolute Gasteiger partial charge is 0.508 e. The number of benzene rings is 2. The summed E-state index contributed by atoms with van der Waals surface area (Å²) in [5.41, 5.74) is 6.99. The van der Waals surface area contributed by atoms with Crippen molar-refractivity contribution in [1.82, 2.24) is 0 Å². The molecule has 2 aromatic carbocycles. The Bertz CT molecular complexity index is 953. The molecule has 3 nitrogen and oxygen atoms in total. The second-order valence-corrected chi connectivity index (χ2v) is 9.58. The molecule has 1 fully saturated rings. The van der Waals surface area contributed by atoms with Crippen molar-refractivity contribution in [3.8, 4) is 5.75 Å². The first-order valence-electron chi connectivity index (χ1n) is 12.0. The molecule has 0 radical (unpaired) electrons. The van der Waals surface area contributed by atoms with Crippen molar-refractivity contribution in [2.75, 3.05) is 18.0 Å². The molecular weight excluding hydrogens is 382 g/mol. The Morgan fingerprint density at radius 1 is 0.935 bits per heavy atom. The standard InChI is InChI=1S/C28H33NO2/c30-19-20-14-16-29(17-15-20)24-9-6-22(7-10-24)28-26(21-4-2-1-3-5-21)12-8-23-18-25(31)11-13-27(23)28/h4,6-7,9-11,13,18-20,26,28,31H,1-3,5,8,12,14-17H2/t26-,28+/m1/s1. The molecule has 2 aliphatic carbocycles. The van der Waals surface area contributed by atoms with Crippen LogP contribution in [0, 0.1) is 11.8 Å². The van der Waals surface area contributed by atoms with Crippen molar-refractivity contribution < 1.29 is 9.90 Å². The zero-order chi connectivity index (χ0) is 21.2. The lowest BCUT2D eigenvalue weighted by atomic mass is 9.67. The predicted octanol–water partition coefficient (Wildman–Crippen LogP) is 6.00. The van der Waals surface area contributed by atoms with Crippen LogP contribution >= 0.6 is 0 Å². The summed E-state index contributed by atoms with van der Waals surface area (Å²) in [5.74, 6) is 1.53. The number of piperidine rings is 1. The van der Waals surface area contributed by atoms with E-state index in [4.69, 9.17) is 0 Å². The van der Waals surface area contributed by atoms with Crippen LogP contribution in [0.1, 0.15) is 67.6 Å². The van der Waals surface area contributed by atoms with Gasteiger partial charge in [0.15, 0.2) is 0 Å². The van der Waals surface area contributed by atoms with E-state index >= 15 is 0 Å². The number of rotatable bonds is 4. The number of aryl methyl sites for hydroxylation is 1. The van der Waals surface area contributed by atoms with Crippen molar-refractivity contribution in [2.24, 2.45) is 11.8 Å². The third-order valence-electron chi connectivity index (χ3n) is 7.74. The minimum Gasteiger partial charge on any atom is -0.508 e. The molecule has 1 saturated heterocycles. The minimum atomic E-state index is 0.232. The number of phenols is 1. The van der Waals surface area contributed by atoms with Crippen LogP contribution in [0.2, 0.25) is 0 Å². The fourth-order valence-electron chi connectivity index (χ4n) is 6.00. The number of carbonyl (C=O) groups excluding carboxylic acids is 1. The highest BCUT2D eigenvalue weighted by atomic mass is 16.3. The second kappa shape index (κ2) is 8.90. The maximum Gasteiger partial charge on any atom is 0.123 e. The molecule has 1 heterocycles. The Labute approximate surface area is 185 Å². The number of hydrogen-bond donors (Lipinski definition) is 1. The van der Waals surface area contributed by atoms with Gasteiger partial charge in [-0.2, -0.15) is 0 Å². The minimum absolute atomic E-state index is 0.232. The van der Waals surface area contributed by atoms with E-state index in [0.29, 0.717) is 17.6 Å². The summed E-state index contributed by atoms with van der Waals surface area (Å²) < 4.78 is 0. The molecule has 0 aromatic heterocycles. The van der Waals surface area contributed by atoms with Gasteiger partial charge in [0.2, 0.25) is 0 Å². The first-order chi connectivity index (χ1) is 15.2. The summed E-state index contributed by atoms with van der Waals surface area (Å²) in [5, 5.41) is 10.0. The van der Waals surface area contributed by atoms with E-state index in [2.05, 4.69) is 41.3 Å². The predicted molar refractivity (Wildman–Crippen MR) is 126 cm³/mol. The van der Waals surface area contributed by atoms with E-state index in [0.717, 1.165) is 45.1 Å². The van der Waals surface area contributed by atoms with Crippen LogP contribution in [0.5, 0.6) is 5.75 Å². The summed E-state index contributed by atoms with van der Waals surface area (Å²) in [7, 11) is 0. The van der Waals surface area contributed by atoms with Gasteiger partial charge in [0.25, 0.3) is 0 Å². The molecule has 0 unspecified atom stereocenters. The van der Waals surface area contributed by atoms with Gasteiger partial charge in [-0.05, 0) is 98.2 Å². The first kappa shape index (κ1) is 20.4. The Morgan fingerprint density at radius 3 is 2.45 bits per heavy atom. The third kappa shape index (κ3) is 4.15. The normalized spacial score (nSPS) is 24.4. The number of anilines is 1. The van der Waals surface area contributed by atoms with Crippen molar-refractivity contribution >= 4 is 12.0 Å². The summed E-state index contributed by atoms with van der Waals surface area (Å²) in [6.07, 6.45) is 12.8. The van der Waals surface area contributed by atoms with E-state index in [9.17, 15) is 9.90 Å². The van der Waals surface area contributed by atoms with E-state index < -0.39 is 0 Å². The van der Waals surface area contributed by atoms with Crippen molar-refractivity contribution in [3.63, 3.8) is 0 Å². The summed E-state index contributed by atoms with van der Waals surface area (Å²) in [4.78, 5) is 13.5. The lowest BCUT2D eigenvalue weighted by Crippen LogP contribution is -2.34. The van der Waals surface area contributed by atoms with Gasteiger partial charge >= 0.3 is 0 Å². The van der Waals surface area contributed by atoms with Gasteiger partial charge in [0.05, 0.1) is 0 Å². The quantitative estimate of drug-likeness (QED) is 0.492. The molecular formula is C28H33NO2. The number of aldehydes is 1. The number of hydrogen-bond acceptors (Lipinski definition) is 3. The average Bonchev–Trinajstić information content (AvgIpc) is 2.84. The molecule has 2 atom stereocenters. The van der Waals surface area contributed by atoms with Crippen LogP contribution in [0.25, 0.3) is 0 Å². The topological polar surface area (TPSA) is 40.5 Å². The highest BCUT2D eigenvalue weighted by molar-refractivity contribution is 5.56. The molecule has 3 heteroatoms. The van der Waals surface area contributed by atoms with Crippen LogP contribution in [0.4, 0.5) is 5.69 Å². The first-order valence-corrected chi connectivity index (χ1v) is 12.0. The number of phenolic OH excluding ortho intramolecular Hbond substituents is 1. The number of carbonyl (C=O) groups is 1. The van der Waals surface area contributed by atoms with Gasteiger partial charge in [-0.3, -0.25) is 0 Å².